The van der Waals surface area contributed by atoms with Crippen molar-refractivity contribution in [3.8, 4) is 0 Å². The van der Waals surface area contributed by atoms with E-state index in [2.05, 4.69) is 4.99 Å². The number of carbonyl (C=O) groups is 2. The summed E-state index contributed by atoms with van der Waals surface area (Å²) in [5.74, 6) is -1.02. The van der Waals surface area contributed by atoms with Crippen LogP contribution in [0, 0.1) is 0 Å². The molecule has 1 heterocycles. The molecule has 0 aliphatic carbocycles. The zero-order chi connectivity index (χ0) is 13.1. The van der Waals surface area contributed by atoms with Crippen LogP contribution in [-0.4, -0.2) is 23.1 Å². The standard InChI is InChI=1S/C14H15NO3/c1-9(16)11-5-2-6-12-14(11)10(8-13(17)18)4-3-7-15-12/h2,5-7,10H,3-4,8H2,1H3,(H,17,18). The number of hydrogen-bond acceptors (Lipinski definition) is 3. The Morgan fingerprint density at radius 1 is 1.44 bits per heavy atom. The number of carboxylic acid groups (broad SMARTS) is 1. The Morgan fingerprint density at radius 2 is 2.22 bits per heavy atom. The maximum Gasteiger partial charge on any atom is 0.303 e. The quantitative estimate of drug-likeness (QED) is 0.832. The molecule has 0 aromatic heterocycles. The number of ketones is 1. The number of hydrogen-bond donors (Lipinski definition) is 1. The molecule has 1 aliphatic rings. The molecule has 0 spiro atoms. The van der Waals surface area contributed by atoms with E-state index in [0.717, 1.165) is 17.7 Å². The van der Waals surface area contributed by atoms with E-state index in [0.29, 0.717) is 12.0 Å². The van der Waals surface area contributed by atoms with Gasteiger partial charge in [0.2, 0.25) is 0 Å². The van der Waals surface area contributed by atoms with Gasteiger partial charge >= 0.3 is 5.97 Å². The molecule has 0 amide bonds. The van der Waals surface area contributed by atoms with Gasteiger partial charge in [-0.1, -0.05) is 12.1 Å². The van der Waals surface area contributed by atoms with Gasteiger partial charge in [-0.15, -0.1) is 0 Å². The van der Waals surface area contributed by atoms with Crippen molar-refractivity contribution < 1.29 is 14.7 Å². The fraction of sp³-hybridized carbons (Fsp3) is 0.357. The number of rotatable bonds is 3. The molecule has 0 saturated heterocycles. The summed E-state index contributed by atoms with van der Waals surface area (Å²) in [6.45, 7) is 1.50. The van der Waals surface area contributed by atoms with E-state index in [-0.39, 0.29) is 18.1 Å². The maximum absolute atomic E-state index is 11.7. The Labute approximate surface area is 105 Å². The second-order valence-electron chi connectivity index (χ2n) is 4.48. The molecule has 1 N–H and O–H groups in total. The van der Waals surface area contributed by atoms with Crippen molar-refractivity contribution in [3.05, 3.63) is 29.3 Å². The number of benzene rings is 1. The Balaban J connectivity index is 2.53. The van der Waals surface area contributed by atoms with Crippen molar-refractivity contribution in [2.45, 2.75) is 32.1 Å². The van der Waals surface area contributed by atoms with Crippen LogP contribution in [0.15, 0.2) is 23.2 Å². The number of aliphatic imine (C=N–C) groups is 1. The van der Waals surface area contributed by atoms with Gasteiger partial charge in [-0.25, -0.2) is 0 Å². The van der Waals surface area contributed by atoms with Crippen LogP contribution in [0.3, 0.4) is 0 Å². The summed E-state index contributed by atoms with van der Waals surface area (Å²) >= 11 is 0. The zero-order valence-electron chi connectivity index (χ0n) is 10.2. The summed E-state index contributed by atoms with van der Waals surface area (Å²) in [6.07, 6.45) is 3.29. The minimum Gasteiger partial charge on any atom is -0.481 e. The first-order valence-corrected chi connectivity index (χ1v) is 5.97. The minimum atomic E-state index is -0.841. The van der Waals surface area contributed by atoms with Crippen LogP contribution in [0.25, 0.3) is 0 Å². The van der Waals surface area contributed by atoms with Gasteiger partial charge in [0.15, 0.2) is 5.78 Å². The van der Waals surface area contributed by atoms with Crippen molar-refractivity contribution in [3.63, 3.8) is 0 Å². The molecule has 1 aromatic rings. The van der Waals surface area contributed by atoms with Crippen LogP contribution in [0.1, 0.15) is 48.0 Å². The van der Waals surface area contributed by atoms with E-state index in [1.54, 1.807) is 18.3 Å². The normalized spacial score (nSPS) is 17.9. The number of carbonyl (C=O) groups excluding carboxylic acids is 1. The van der Waals surface area contributed by atoms with Gasteiger partial charge in [0.1, 0.15) is 0 Å². The first-order valence-electron chi connectivity index (χ1n) is 5.97. The molecule has 0 bridgehead atoms. The van der Waals surface area contributed by atoms with Crippen molar-refractivity contribution >= 4 is 23.7 Å². The topological polar surface area (TPSA) is 66.7 Å². The van der Waals surface area contributed by atoms with Crippen molar-refractivity contribution in [1.29, 1.82) is 0 Å². The molecular formula is C14H15NO3. The first-order chi connectivity index (χ1) is 8.59. The van der Waals surface area contributed by atoms with E-state index in [9.17, 15) is 9.59 Å². The van der Waals surface area contributed by atoms with Crippen molar-refractivity contribution in [2.24, 2.45) is 4.99 Å². The number of nitrogens with zero attached hydrogens (tertiary/aromatic N) is 1. The number of carboxylic acids is 1. The highest BCUT2D eigenvalue weighted by atomic mass is 16.4. The third-order valence-electron chi connectivity index (χ3n) is 3.17. The molecule has 4 nitrogen and oxygen atoms in total. The van der Waals surface area contributed by atoms with Gasteiger partial charge in [0.05, 0.1) is 12.1 Å². The summed E-state index contributed by atoms with van der Waals surface area (Å²) in [5, 5.41) is 8.99. The van der Waals surface area contributed by atoms with Crippen LogP contribution in [0.2, 0.25) is 0 Å². The minimum absolute atomic E-state index is 0.0423. The molecule has 18 heavy (non-hydrogen) atoms. The summed E-state index contributed by atoms with van der Waals surface area (Å²) in [7, 11) is 0. The van der Waals surface area contributed by atoms with Crippen molar-refractivity contribution in [2.75, 3.05) is 0 Å². The lowest BCUT2D eigenvalue weighted by Gasteiger charge is -2.17. The maximum atomic E-state index is 11.7. The van der Waals surface area contributed by atoms with Crippen LogP contribution in [0.4, 0.5) is 5.69 Å². The van der Waals surface area contributed by atoms with Gasteiger partial charge in [-0.05, 0) is 37.3 Å². The molecule has 0 radical (unpaired) electrons. The lowest BCUT2D eigenvalue weighted by Crippen LogP contribution is -2.10. The Hall–Kier alpha value is -1.97. The Kier molecular flexibility index (Phi) is 3.55. The number of aliphatic carboxylic acids is 1. The molecule has 0 fully saturated rings. The predicted molar refractivity (Wildman–Crippen MR) is 68.8 cm³/mol. The molecule has 4 heteroatoms. The zero-order valence-corrected chi connectivity index (χ0v) is 10.2. The van der Waals surface area contributed by atoms with E-state index in [1.807, 2.05) is 6.07 Å². The van der Waals surface area contributed by atoms with Crippen LogP contribution in [0.5, 0.6) is 0 Å². The van der Waals surface area contributed by atoms with E-state index in [4.69, 9.17) is 5.11 Å². The summed E-state index contributed by atoms with van der Waals surface area (Å²) in [6, 6.07) is 5.37. The van der Waals surface area contributed by atoms with Crippen LogP contribution >= 0.6 is 0 Å². The van der Waals surface area contributed by atoms with E-state index >= 15 is 0 Å². The average molecular weight is 245 g/mol. The number of Topliss-reactive ketones (excluding diaryl/α,β-unsaturated/α-hetero) is 1. The lowest BCUT2D eigenvalue weighted by atomic mass is 9.86. The van der Waals surface area contributed by atoms with E-state index < -0.39 is 5.97 Å². The molecule has 0 saturated carbocycles. The summed E-state index contributed by atoms with van der Waals surface area (Å²) in [5.41, 5.74) is 2.12. The molecule has 1 aromatic carbocycles. The highest BCUT2D eigenvalue weighted by Gasteiger charge is 2.24. The molecule has 1 unspecified atom stereocenters. The highest BCUT2D eigenvalue weighted by Crippen LogP contribution is 2.37. The molecule has 1 aliphatic heterocycles. The fourth-order valence-electron chi connectivity index (χ4n) is 2.40. The van der Waals surface area contributed by atoms with Gasteiger partial charge in [-0.3, -0.25) is 14.6 Å². The monoisotopic (exact) mass is 245 g/mol. The summed E-state index contributed by atoms with van der Waals surface area (Å²) in [4.78, 5) is 26.9. The average Bonchev–Trinajstić information content (AvgIpc) is 2.51. The van der Waals surface area contributed by atoms with Gasteiger partial charge in [0.25, 0.3) is 0 Å². The SMILES string of the molecule is CC(=O)c1cccc2c1C(CC(=O)O)CCC=N2. The van der Waals surface area contributed by atoms with E-state index in [1.165, 1.54) is 6.92 Å². The lowest BCUT2D eigenvalue weighted by molar-refractivity contribution is -0.137. The second kappa shape index (κ2) is 5.12. The summed E-state index contributed by atoms with van der Waals surface area (Å²) < 4.78 is 0. The molecule has 94 valence electrons. The van der Waals surface area contributed by atoms with Crippen molar-refractivity contribution in [1.82, 2.24) is 0 Å². The smallest absolute Gasteiger partial charge is 0.303 e. The number of fused-ring (bicyclic) bond motifs is 1. The van der Waals surface area contributed by atoms with Gasteiger partial charge in [0, 0.05) is 11.8 Å². The Bertz CT molecular complexity index is 520. The van der Waals surface area contributed by atoms with Gasteiger partial charge in [-0.2, -0.15) is 0 Å². The van der Waals surface area contributed by atoms with Gasteiger partial charge < -0.3 is 5.11 Å². The Morgan fingerprint density at radius 3 is 2.89 bits per heavy atom. The third kappa shape index (κ3) is 2.47. The van der Waals surface area contributed by atoms with Crippen LogP contribution < -0.4 is 0 Å². The largest absolute Gasteiger partial charge is 0.481 e. The fourth-order valence-corrected chi connectivity index (χ4v) is 2.40. The first kappa shape index (κ1) is 12.5. The predicted octanol–water partition coefficient (Wildman–Crippen LogP) is 2.94. The molecular weight excluding hydrogens is 230 g/mol. The second-order valence-corrected chi connectivity index (χ2v) is 4.48. The van der Waals surface area contributed by atoms with Crippen LogP contribution in [-0.2, 0) is 4.79 Å². The molecule has 2 rings (SSSR count). The molecule has 1 atom stereocenters. The highest BCUT2D eigenvalue weighted by molar-refractivity contribution is 5.97. The third-order valence-corrected chi connectivity index (χ3v) is 3.17.